The van der Waals surface area contributed by atoms with Crippen LogP contribution in [0.3, 0.4) is 0 Å². The minimum atomic E-state index is -0.817. The molecule has 0 aliphatic carbocycles. The fourth-order valence-corrected chi connectivity index (χ4v) is 1.00. The van der Waals surface area contributed by atoms with Crippen molar-refractivity contribution in [2.45, 2.75) is 19.4 Å². The minimum Gasteiger partial charge on any atom is -0.351 e. The third-order valence-corrected chi connectivity index (χ3v) is 1.88. The van der Waals surface area contributed by atoms with Crippen LogP contribution in [0.2, 0.25) is 0 Å². The summed E-state index contributed by atoms with van der Waals surface area (Å²) < 4.78 is 0. The summed E-state index contributed by atoms with van der Waals surface area (Å²) in [5.74, 6) is -0.404. The average Bonchev–Trinajstić information content (AvgIpc) is 2.10. The number of rotatable bonds is 6. The number of hydrogen-bond donors (Lipinski definition) is 3. The van der Waals surface area contributed by atoms with E-state index in [2.05, 4.69) is 10.2 Å². The highest BCUT2D eigenvalue weighted by molar-refractivity contribution is 5.94. The maximum atomic E-state index is 11.0. The van der Waals surface area contributed by atoms with Gasteiger partial charge in [-0.2, -0.15) is 0 Å². The standard InChI is InChI=1S/C9H20N4O2/c1-7(4-5-13(2)3)11-6-8(14)12-9(10)15/h7,11H,4-6H2,1-3H3,(H3,10,12,14,15). The maximum Gasteiger partial charge on any atom is 0.318 e. The number of amides is 3. The summed E-state index contributed by atoms with van der Waals surface area (Å²) in [4.78, 5) is 23.4. The topological polar surface area (TPSA) is 87.5 Å². The molecule has 0 aliphatic heterocycles. The number of primary amides is 1. The van der Waals surface area contributed by atoms with E-state index >= 15 is 0 Å². The zero-order chi connectivity index (χ0) is 11.8. The van der Waals surface area contributed by atoms with Crippen LogP contribution >= 0.6 is 0 Å². The highest BCUT2D eigenvalue weighted by Gasteiger charge is 2.06. The van der Waals surface area contributed by atoms with Crippen LogP contribution in [0, 0.1) is 0 Å². The molecule has 0 aromatic carbocycles. The van der Waals surface area contributed by atoms with Crippen molar-refractivity contribution < 1.29 is 9.59 Å². The molecule has 0 rings (SSSR count). The van der Waals surface area contributed by atoms with Gasteiger partial charge in [0.25, 0.3) is 0 Å². The first-order valence-electron chi connectivity index (χ1n) is 4.89. The van der Waals surface area contributed by atoms with Gasteiger partial charge in [-0.3, -0.25) is 10.1 Å². The number of urea groups is 1. The van der Waals surface area contributed by atoms with Gasteiger partial charge in [-0.15, -0.1) is 0 Å². The molecule has 0 saturated heterocycles. The predicted octanol–water partition coefficient (Wildman–Crippen LogP) is -0.889. The first kappa shape index (κ1) is 13.9. The van der Waals surface area contributed by atoms with Crippen molar-refractivity contribution in [1.29, 1.82) is 0 Å². The molecule has 1 atom stereocenters. The Hall–Kier alpha value is -1.14. The van der Waals surface area contributed by atoms with Gasteiger partial charge in [0.15, 0.2) is 0 Å². The van der Waals surface area contributed by atoms with Crippen LogP contribution in [0.1, 0.15) is 13.3 Å². The molecule has 6 heteroatoms. The fraction of sp³-hybridized carbons (Fsp3) is 0.778. The second kappa shape index (κ2) is 7.19. The molecule has 0 heterocycles. The lowest BCUT2D eigenvalue weighted by Gasteiger charge is -2.16. The number of carbonyl (C=O) groups is 2. The molecule has 3 amide bonds. The summed E-state index contributed by atoms with van der Waals surface area (Å²) in [5, 5.41) is 4.99. The molecule has 6 nitrogen and oxygen atoms in total. The molecule has 0 bridgehead atoms. The number of nitrogens with one attached hydrogen (secondary N) is 2. The summed E-state index contributed by atoms with van der Waals surface area (Å²) in [7, 11) is 3.99. The molecule has 15 heavy (non-hydrogen) atoms. The Morgan fingerprint density at radius 3 is 2.47 bits per heavy atom. The van der Waals surface area contributed by atoms with Gasteiger partial charge in [-0.1, -0.05) is 0 Å². The first-order valence-corrected chi connectivity index (χ1v) is 4.89. The monoisotopic (exact) mass is 216 g/mol. The molecular weight excluding hydrogens is 196 g/mol. The second-order valence-corrected chi connectivity index (χ2v) is 3.79. The highest BCUT2D eigenvalue weighted by Crippen LogP contribution is 1.91. The maximum absolute atomic E-state index is 11.0. The first-order chi connectivity index (χ1) is 6.91. The van der Waals surface area contributed by atoms with Crippen molar-refractivity contribution in [3.63, 3.8) is 0 Å². The molecule has 88 valence electrons. The smallest absolute Gasteiger partial charge is 0.318 e. The third-order valence-electron chi connectivity index (χ3n) is 1.88. The van der Waals surface area contributed by atoms with Gasteiger partial charge in [-0.25, -0.2) is 4.79 Å². The van der Waals surface area contributed by atoms with Crippen LogP contribution in [0.5, 0.6) is 0 Å². The van der Waals surface area contributed by atoms with E-state index in [0.717, 1.165) is 13.0 Å². The quantitative estimate of drug-likeness (QED) is 0.537. The van der Waals surface area contributed by atoms with Gasteiger partial charge in [0.1, 0.15) is 0 Å². The highest BCUT2D eigenvalue weighted by atomic mass is 16.2. The number of nitrogens with zero attached hydrogens (tertiary/aromatic N) is 1. The Kier molecular flexibility index (Phi) is 6.64. The zero-order valence-electron chi connectivity index (χ0n) is 9.54. The van der Waals surface area contributed by atoms with E-state index in [0.29, 0.717) is 0 Å². The predicted molar refractivity (Wildman–Crippen MR) is 58.4 cm³/mol. The van der Waals surface area contributed by atoms with Crippen molar-refractivity contribution in [2.24, 2.45) is 5.73 Å². The van der Waals surface area contributed by atoms with Crippen molar-refractivity contribution in [3.8, 4) is 0 Å². The number of hydrogen-bond acceptors (Lipinski definition) is 4. The zero-order valence-corrected chi connectivity index (χ0v) is 9.54. The van der Waals surface area contributed by atoms with Crippen LogP contribution in [-0.4, -0.2) is 50.1 Å². The Labute approximate surface area is 90.2 Å². The van der Waals surface area contributed by atoms with Gasteiger partial charge in [0.05, 0.1) is 6.54 Å². The SMILES string of the molecule is CC(CCN(C)C)NCC(=O)NC(N)=O. The van der Waals surface area contributed by atoms with E-state index in [1.54, 1.807) is 0 Å². The van der Waals surface area contributed by atoms with Crippen molar-refractivity contribution in [1.82, 2.24) is 15.5 Å². The van der Waals surface area contributed by atoms with Gasteiger partial charge in [-0.05, 0) is 34.0 Å². The third kappa shape index (κ3) is 9.17. The summed E-state index contributed by atoms with van der Waals surface area (Å²) in [6, 6.07) is -0.589. The van der Waals surface area contributed by atoms with E-state index < -0.39 is 11.9 Å². The number of nitrogens with two attached hydrogens (primary N) is 1. The molecule has 4 N–H and O–H groups in total. The Morgan fingerprint density at radius 2 is 2.00 bits per heavy atom. The average molecular weight is 216 g/mol. The van der Waals surface area contributed by atoms with Crippen LogP contribution in [0.15, 0.2) is 0 Å². The Balaban J connectivity index is 3.57. The Morgan fingerprint density at radius 1 is 1.40 bits per heavy atom. The van der Waals surface area contributed by atoms with Gasteiger partial charge >= 0.3 is 6.03 Å². The normalized spacial score (nSPS) is 12.5. The van der Waals surface area contributed by atoms with E-state index in [1.807, 2.05) is 26.3 Å². The lowest BCUT2D eigenvalue weighted by atomic mass is 10.2. The number of imide groups is 1. The van der Waals surface area contributed by atoms with E-state index in [1.165, 1.54) is 0 Å². The van der Waals surface area contributed by atoms with Gasteiger partial charge in [0, 0.05) is 6.04 Å². The molecule has 0 aliphatic rings. The summed E-state index contributed by atoms with van der Waals surface area (Å²) in [6.07, 6.45) is 0.941. The van der Waals surface area contributed by atoms with E-state index in [9.17, 15) is 9.59 Å². The molecule has 0 aromatic rings. The Bertz CT molecular complexity index is 218. The second-order valence-electron chi connectivity index (χ2n) is 3.79. The summed E-state index contributed by atoms with van der Waals surface area (Å²) >= 11 is 0. The van der Waals surface area contributed by atoms with Crippen molar-refractivity contribution >= 4 is 11.9 Å². The summed E-state index contributed by atoms with van der Waals surface area (Å²) in [5.41, 5.74) is 4.79. The molecular formula is C9H20N4O2. The fourth-order valence-electron chi connectivity index (χ4n) is 1.00. The van der Waals surface area contributed by atoms with Crippen LogP contribution in [0.4, 0.5) is 4.79 Å². The molecule has 0 spiro atoms. The minimum absolute atomic E-state index is 0.109. The van der Waals surface area contributed by atoms with Crippen molar-refractivity contribution in [2.75, 3.05) is 27.2 Å². The molecule has 0 radical (unpaired) electrons. The van der Waals surface area contributed by atoms with Crippen molar-refractivity contribution in [3.05, 3.63) is 0 Å². The lowest BCUT2D eigenvalue weighted by Crippen LogP contribution is -2.43. The van der Waals surface area contributed by atoms with Gasteiger partial charge in [0.2, 0.25) is 5.91 Å². The summed E-state index contributed by atoms with van der Waals surface area (Å²) in [6.45, 7) is 3.05. The molecule has 0 fully saturated rings. The van der Waals surface area contributed by atoms with E-state index in [-0.39, 0.29) is 12.6 Å². The van der Waals surface area contributed by atoms with Crippen LogP contribution in [-0.2, 0) is 4.79 Å². The molecule has 0 saturated carbocycles. The van der Waals surface area contributed by atoms with Crippen LogP contribution in [0.25, 0.3) is 0 Å². The number of carbonyl (C=O) groups excluding carboxylic acids is 2. The van der Waals surface area contributed by atoms with E-state index in [4.69, 9.17) is 5.73 Å². The lowest BCUT2D eigenvalue weighted by molar-refractivity contribution is -0.119. The largest absolute Gasteiger partial charge is 0.351 e. The van der Waals surface area contributed by atoms with Crippen LogP contribution < -0.4 is 16.4 Å². The molecule has 1 unspecified atom stereocenters. The molecule has 0 aromatic heterocycles. The van der Waals surface area contributed by atoms with Gasteiger partial charge < -0.3 is 16.0 Å².